The zero-order valence-corrected chi connectivity index (χ0v) is 11.5. The lowest BCUT2D eigenvalue weighted by Gasteiger charge is -2.30. The molecule has 0 aromatic heterocycles. The number of hydrogen-bond acceptors (Lipinski definition) is 3. The van der Waals surface area contributed by atoms with E-state index >= 15 is 0 Å². The first-order valence-corrected chi connectivity index (χ1v) is 7.90. The third-order valence-electron chi connectivity index (χ3n) is 3.34. The van der Waals surface area contributed by atoms with Crippen molar-refractivity contribution in [3.63, 3.8) is 0 Å². The van der Waals surface area contributed by atoms with E-state index in [0.29, 0.717) is 24.7 Å². The summed E-state index contributed by atoms with van der Waals surface area (Å²) in [6, 6.07) is 7.04. The van der Waals surface area contributed by atoms with Gasteiger partial charge in [-0.3, -0.25) is 0 Å². The number of nitrogen functional groups attached to an aromatic ring is 1. The minimum atomic E-state index is -3.19. The van der Waals surface area contributed by atoms with Gasteiger partial charge in [0.25, 0.3) is 0 Å². The van der Waals surface area contributed by atoms with E-state index in [4.69, 9.17) is 5.73 Å². The molecule has 2 rings (SSSR count). The molecule has 1 heterocycles. The SMILES string of the molecule is CC1CCCN(S(=O)(=O)Cc2ccc(N)cc2)C1. The largest absolute Gasteiger partial charge is 0.399 e. The third-order valence-corrected chi connectivity index (χ3v) is 5.16. The molecule has 1 atom stereocenters. The quantitative estimate of drug-likeness (QED) is 0.851. The average Bonchev–Trinajstić information content (AvgIpc) is 2.32. The van der Waals surface area contributed by atoms with E-state index in [1.807, 2.05) is 0 Å². The van der Waals surface area contributed by atoms with Gasteiger partial charge in [0.1, 0.15) is 0 Å². The lowest BCUT2D eigenvalue weighted by atomic mass is 10.0. The maximum Gasteiger partial charge on any atom is 0.218 e. The summed E-state index contributed by atoms with van der Waals surface area (Å²) >= 11 is 0. The highest BCUT2D eigenvalue weighted by atomic mass is 32.2. The molecule has 4 nitrogen and oxygen atoms in total. The molecule has 1 unspecified atom stereocenters. The lowest BCUT2D eigenvalue weighted by Crippen LogP contribution is -2.39. The van der Waals surface area contributed by atoms with Crippen LogP contribution in [0.2, 0.25) is 0 Å². The highest BCUT2D eigenvalue weighted by Crippen LogP contribution is 2.21. The number of benzene rings is 1. The predicted octanol–water partition coefficient (Wildman–Crippen LogP) is 1.83. The van der Waals surface area contributed by atoms with Crippen molar-refractivity contribution in [2.75, 3.05) is 18.8 Å². The molecular formula is C13H20N2O2S. The highest BCUT2D eigenvalue weighted by Gasteiger charge is 2.26. The molecule has 2 N–H and O–H groups in total. The van der Waals surface area contributed by atoms with E-state index in [9.17, 15) is 8.42 Å². The second kappa shape index (κ2) is 5.28. The van der Waals surface area contributed by atoms with Crippen LogP contribution in [0.3, 0.4) is 0 Å². The number of nitrogens with two attached hydrogens (primary N) is 1. The zero-order valence-electron chi connectivity index (χ0n) is 10.7. The Hall–Kier alpha value is -1.07. The Balaban J connectivity index is 2.09. The van der Waals surface area contributed by atoms with Gasteiger partial charge >= 0.3 is 0 Å². The first-order valence-electron chi connectivity index (χ1n) is 6.29. The van der Waals surface area contributed by atoms with Gasteiger partial charge in [-0.15, -0.1) is 0 Å². The molecule has 0 amide bonds. The van der Waals surface area contributed by atoms with Crippen molar-refractivity contribution in [2.24, 2.45) is 5.92 Å². The molecule has 1 aromatic carbocycles. The number of anilines is 1. The molecule has 100 valence electrons. The topological polar surface area (TPSA) is 63.4 Å². The van der Waals surface area contributed by atoms with Gasteiger partial charge in [0.05, 0.1) is 5.75 Å². The summed E-state index contributed by atoms with van der Waals surface area (Å²) in [4.78, 5) is 0. The van der Waals surface area contributed by atoms with Crippen molar-refractivity contribution < 1.29 is 8.42 Å². The standard InChI is InChI=1S/C13H20N2O2S/c1-11-3-2-8-15(9-11)18(16,17)10-12-4-6-13(14)7-5-12/h4-7,11H,2-3,8-10,14H2,1H3. The molecule has 0 bridgehead atoms. The van der Waals surface area contributed by atoms with Crippen LogP contribution < -0.4 is 5.73 Å². The van der Waals surface area contributed by atoms with Crippen molar-refractivity contribution in [3.8, 4) is 0 Å². The summed E-state index contributed by atoms with van der Waals surface area (Å²) in [7, 11) is -3.19. The Morgan fingerprint density at radius 1 is 1.33 bits per heavy atom. The Labute approximate surface area is 109 Å². The minimum absolute atomic E-state index is 0.0694. The number of hydrogen-bond donors (Lipinski definition) is 1. The molecule has 1 fully saturated rings. The van der Waals surface area contributed by atoms with E-state index in [2.05, 4.69) is 6.92 Å². The zero-order chi connectivity index (χ0) is 13.2. The fourth-order valence-corrected chi connectivity index (χ4v) is 4.00. The Morgan fingerprint density at radius 2 is 2.00 bits per heavy atom. The van der Waals surface area contributed by atoms with Gasteiger partial charge in [0.15, 0.2) is 0 Å². The minimum Gasteiger partial charge on any atom is -0.399 e. The molecule has 0 saturated carbocycles. The van der Waals surface area contributed by atoms with Crippen LogP contribution in [-0.4, -0.2) is 25.8 Å². The summed E-state index contributed by atoms with van der Waals surface area (Å²) in [5, 5.41) is 0. The molecular weight excluding hydrogens is 248 g/mol. The van der Waals surface area contributed by atoms with Crippen molar-refractivity contribution in [1.82, 2.24) is 4.31 Å². The summed E-state index contributed by atoms with van der Waals surface area (Å²) < 4.78 is 26.2. The van der Waals surface area contributed by atoms with E-state index < -0.39 is 10.0 Å². The first kappa shape index (κ1) is 13.4. The van der Waals surface area contributed by atoms with Gasteiger partial charge in [0.2, 0.25) is 10.0 Å². The summed E-state index contributed by atoms with van der Waals surface area (Å²) in [6.07, 6.45) is 2.08. The average molecular weight is 268 g/mol. The van der Waals surface area contributed by atoms with E-state index in [1.165, 1.54) is 0 Å². The third kappa shape index (κ3) is 3.23. The highest BCUT2D eigenvalue weighted by molar-refractivity contribution is 7.88. The predicted molar refractivity (Wildman–Crippen MR) is 73.4 cm³/mol. The van der Waals surface area contributed by atoms with Crippen LogP contribution in [0.25, 0.3) is 0 Å². The second-order valence-electron chi connectivity index (χ2n) is 5.10. The van der Waals surface area contributed by atoms with Crippen molar-refractivity contribution >= 4 is 15.7 Å². The fraction of sp³-hybridized carbons (Fsp3) is 0.538. The first-order chi connectivity index (χ1) is 8.47. The van der Waals surface area contributed by atoms with E-state index in [0.717, 1.165) is 18.4 Å². The normalized spacial score (nSPS) is 21.9. The monoisotopic (exact) mass is 268 g/mol. The van der Waals surface area contributed by atoms with Crippen molar-refractivity contribution in [1.29, 1.82) is 0 Å². The molecule has 0 aliphatic carbocycles. The molecule has 1 aliphatic heterocycles. The van der Waals surface area contributed by atoms with Crippen molar-refractivity contribution in [2.45, 2.75) is 25.5 Å². The van der Waals surface area contributed by atoms with E-state index in [-0.39, 0.29) is 5.75 Å². The summed E-state index contributed by atoms with van der Waals surface area (Å²) in [5.74, 6) is 0.528. The smallest absolute Gasteiger partial charge is 0.218 e. The molecule has 1 aliphatic rings. The van der Waals surface area contributed by atoms with Crippen LogP contribution in [0.15, 0.2) is 24.3 Å². The van der Waals surface area contributed by atoms with Crippen LogP contribution >= 0.6 is 0 Å². The Bertz CT molecular complexity index is 496. The van der Waals surface area contributed by atoms with Crippen molar-refractivity contribution in [3.05, 3.63) is 29.8 Å². The van der Waals surface area contributed by atoms with Gasteiger partial charge < -0.3 is 5.73 Å². The summed E-state index contributed by atoms with van der Waals surface area (Å²) in [6.45, 7) is 3.41. The Kier molecular flexibility index (Phi) is 3.92. The van der Waals surface area contributed by atoms with Gasteiger partial charge in [-0.05, 0) is 36.5 Å². The van der Waals surface area contributed by atoms with Gasteiger partial charge in [0, 0.05) is 18.8 Å². The number of rotatable bonds is 3. The lowest BCUT2D eigenvalue weighted by molar-refractivity contribution is 0.281. The maximum absolute atomic E-state index is 12.3. The van der Waals surface area contributed by atoms with Gasteiger partial charge in [-0.2, -0.15) is 0 Å². The summed E-state index contributed by atoms with van der Waals surface area (Å²) in [5.41, 5.74) is 7.04. The van der Waals surface area contributed by atoms with Crippen LogP contribution in [0.1, 0.15) is 25.3 Å². The molecule has 0 spiro atoms. The number of nitrogens with zero attached hydrogens (tertiary/aromatic N) is 1. The van der Waals surface area contributed by atoms with Crippen LogP contribution in [-0.2, 0) is 15.8 Å². The van der Waals surface area contributed by atoms with Crippen LogP contribution in [0, 0.1) is 5.92 Å². The van der Waals surface area contributed by atoms with Gasteiger partial charge in [-0.1, -0.05) is 19.1 Å². The second-order valence-corrected chi connectivity index (χ2v) is 7.07. The molecule has 1 saturated heterocycles. The van der Waals surface area contributed by atoms with E-state index in [1.54, 1.807) is 28.6 Å². The molecule has 0 radical (unpaired) electrons. The molecule has 1 aromatic rings. The van der Waals surface area contributed by atoms with Gasteiger partial charge in [-0.25, -0.2) is 12.7 Å². The maximum atomic E-state index is 12.3. The van der Waals surface area contributed by atoms with Crippen LogP contribution in [0.5, 0.6) is 0 Å². The fourth-order valence-electron chi connectivity index (χ4n) is 2.31. The number of piperidine rings is 1. The number of sulfonamides is 1. The Morgan fingerprint density at radius 3 is 2.61 bits per heavy atom. The van der Waals surface area contributed by atoms with Crippen LogP contribution in [0.4, 0.5) is 5.69 Å². The molecule has 5 heteroatoms. The molecule has 18 heavy (non-hydrogen) atoms.